The number of hydrogen-bond donors (Lipinski definition) is 4. The Morgan fingerprint density at radius 3 is 2.43 bits per heavy atom. The van der Waals surface area contributed by atoms with E-state index in [9.17, 15) is 19.2 Å². The Bertz CT molecular complexity index is 941. The van der Waals surface area contributed by atoms with Crippen molar-refractivity contribution >= 4 is 23.9 Å². The molecule has 0 aliphatic heterocycles. The molecule has 0 spiro atoms. The van der Waals surface area contributed by atoms with Gasteiger partial charge in [-0.3, -0.25) is 14.4 Å². The van der Waals surface area contributed by atoms with Crippen molar-refractivity contribution < 1.29 is 38.5 Å². The number of aliphatic hydroxyl groups is 1. The fraction of sp³-hybridized carbons (Fsp3) is 0.548. The van der Waals surface area contributed by atoms with Crippen LogP contribution in [-0.2, 0) is 35.2 Å². The SMILES string of the molecule is C=CCCCC(=O)OCC(CCCCNC(=O)OCc1ccccc1)NC(=O)C(CC=C)CC(=O)NCCOCCO. The highest BCUT2D eigenvalue weighted by molar-refractivity contribution is 5.86. The van der Waals surface area contributed by atoms with Gasteiger partial charge in [0.25, 0.3) is 0 Å². The molecule has 1 aromatic rings. The Balaban J connectivity index is 2.57. The zero-order valence-electron chi connectivity index (χ0n) is 24.5. The van der Waals surface area contributed by atoms with Crippen molar-refractivity contribution in [1.82, 2.24) is 16.0 Å². The summed E-state index contributed by atoms with van der Waals surface area (Å²) in [4.78, 5) is 49.6. The Morgan fingerprint density at radius 2 is 1.71 bits per heavy atom. The number of ether oxygens (including phenoxy) is 3. The lowest BCUT2D eigenvalue weighted by Crippen LogP contribution is -2.43. The summed E-state index contributed by atoms with van der Waals surface area (Å²) >= 11 is 0. The molecular formula is C31H47N3O8. The molecule has 1 aromatic carbocycles. The topological polar surface area (TPSA) is 152 Å². The van der Waals surface area contributed by atoms with Crippen molar-refractivity contribution in [3.05, 3.63) is 61.2 Å². The van der Waals surface area contributed by atoms with E-state index in [2.05, 4.69) is 29.1 Å². The highest BCUT2D eigenvalue weighted by Crippen LogP contribution is 2.12. The van der Waals surface area contributed by atoms with E-state index >= 15 is 0 Å². The Kier molecular flexibility index (Phi) is 20.7. The highest BCUT2D eigenvalue weighted by Gasteiger charge is 2.24. The molecule has 234 valence electrons. The van der Waals surface area contributed by atoms with E-state index in [0.29, 0.717) is 45.1 Å². The minimum Gasteiger partial charge on any atom is -0.463 e. The number of amides is 3. The maximum absolute atomic E-state index is 13.1. The fourth-order valence-corrected chi connectivity index (χ4v) is 3.86. The molecule has 3 amide bonds. The lowest BCUT2D eigenvalue weighted by molar-refractivity contribution is -0.145. The zero-order valence-corrected chi connectivity index (χ0v) is 24.5. The lowest BCUT2D eigenvalue weighted by Gasteiger charge is -2.22. The summed E-state index contributed by atoms with van der Waals surface area (Å²) in [5.41, 5.74) is 0.893. The largest absolute Gasteiger partial charge is 0.463 e. The van der Waals surface area contributed by atoms with E-state index in [4.69, 9.17) is 19.3 Å². The molecule has 0 aliphatic rings. The third-order valence-electron chi connectivity index (χ3n) is 6.10. The molecule has 11 heteroatoms. The smallest absolute Gasteiger partial charge is 0.407 e. The van der Waals surface area contributed by atoms with E-state index in [-0.39, 0.29) is 70.2 Å². The Morgan fingerprint density at radius 1 is 0.929 bits per heavy atom. The molecule has 0 saturated carbocycles. The van der Waals surface area contributed by atoms with Crippen molar-refractivity contribution in [1.29, 1.82) is 0 Å². The van der Waals surface area contributed by atoms with E-state index in [0.717, 1.165) is 5.56 Å². The first-order valence-corrected chi connectivity index (χ1v) is 14.5. The number of carbonyl (C=O) groups is 4. The molecule has 11 nitrogen and oxygen atoms in total. The zero-order chi connectivity index (χ0) is 30.8. The van der Waals surface area contributed by atoms with E-state index in [1.807, 2.05) is 30.3 Å². The van der Waals surface area contributed by atoms with Crippen LogP contribution < -0.4 is 16.0 Å². The molecule has 0 fully saturated rings. The van der Waals surface area contributed by atoms with Crippen LogP contribution >= 0.6 is 0 Å². The molecule has 0 aromatic heterocycles. The van der Waals surface area contributed by atoms with Crippen LogP contribution in [0, 0.1) is 5.92 Å². The van der Waals surface area contributed by atoms with Crippen molar-refractivity contribution in [3.63, 3.8) is 0 Å². The number of esters is 1. The van der Waals surface area contributed by atoms with Crippen LogP contribution in [0.15, 0.2) is 55.6 Å². The average molecular weight is 590 g/mol. The number of alkyl carbamates (subject to hydrolysis) is 1. The van der Waals surface area contributed by atoms with Crippen molar-refractivity contribution in [2.75, 3.05) is 39.5 Å². The third kappa shape index (κ3) is 18.6. The number of hydrogen-bond acceptors (Lipinski definition) is 8. The molecule has 0 saturated heterocycles. The van der Waals surface area contributed by atoms with Gasteiger partial charge in [0, 0.05) is 25.9 Å². The average Bonchev–Trinajstić information content (AvgIpc) is 2.98. The quantitative estimate of drug-likeness (QED) is 0.0815. The van der Waals surface area contributed by atoms with Gasteiger partial charge in [-0.2, -0.15) is 0 Å². The minimum absolute atomic E-state index is 0.000407. The van der Waals surface area contributed by atoms with Crippen LogP contribution in [0.25, 0.3) is 0 Å². The number of benzene rings is 1. The van der Waals surface area contributed by atoms with Gasteiger partial charge < -0.3 is 35.3 Å². The molecule has 2 unspecified atom stereocenters. The van der Waals surface area contributed by atoms with Gasteiger partial charge in [-0.1, -0.05) is 42.5 Å². The standard InChI is InChI=1S/C31H47N3O8/c1-3-5-7-16-29(37)41-24-27(15-10-11-17-33-31(39)42-23-25-13-8-6-9-14-25)34-30(38)26(12-4-2)22-28(36)32-18-20-40-21-19-35/h3-4,6,8-9,13-14,26-27,35H,1-2,5,7,10-12,15-24H2,(H,32,36)(H,33,39)(H,34,38). The molecule has 0 radical (unpaired) electrons. The van der Waals surface area contributed by atoms with Gasteiger partial charge in [0.15, 0.2) is 0 Å². The summed E-state index contributed by atoms with van der Waals surface area (Å²) in [5, 5.41) is 17.1. The van der Waals surface area contributed by atoms with Gasteiger partial charge in [-0.05, 0) is 44.1 Å². The second-order valence-corrected chi connectivity index (χ2v) is 9.67. The molecule has 4 N–H and O–H groups in total. The summed E-state index contributed by atoms with van der Waals surface area (Å²) < 4.78 is 15.8. The molecule has 0 aliphatic carbocycles. The van der Waals surface area contributed by atoms with Gasteiger partial charge in [-0.25, -0.2) is 4.79 Å². The van der Waals surface area contributed by atoms with Crippen LogP contribution in [0.3, 0.4) is 0 Å². The first-order chi connectivity index (χ1) is 20.4. The maximum atomic E-state index is 13.1. The normalized spacial score (nSPS) is 11.9. The second kappa shape index (κ2) is 24.0. The van der Waals surface area contributed by atoms with Gasteiger partial charge >= 0.3 is 12.1 Å². The predicted octanol–water partition coefficient (Wildman–Crippen LogP) is 3.17. The molecule has 2 atom stereocenters. The van der Waals surface area contributed by atoms with Crippen molar-refractivity contribution in [2.45, 2.75) is 64.0 Å². The van der Waals surface area contributed by atoms with Gasteiger partial charge in [-0.15, -0.1) is 13.2 Å². The monoisotopic (exact) mass is 589 g/mol. The van der Waals surface area contributed by atoms with E-state index < -0.39 is 18.1 Å². The Hall–Kier alpha value is -3.70. The summed E-state index contributed by atoms with van der Waals surface area (Å²) in [7, 11) is 0. The minimum atomic E-state index is -0.646. The lowest BCUT2D eigenvalue weighted by atomic mass is 9.98. The maximum Gasteiger partial charge on any atom is 0.407 e. The number of allylic oxidation sites excluding steroid dienone is 2. The predicted molar refractivity (Wildman–Crippen MR) is 159 cm³/mol. The van der Waals surface area contributed by atoms with Gasteiger partial charge in [0.05, 0.1) is 31.8 Å². The van der Waals surface area contributed by atoms with Crippen LogP contribution in [0.4, 0.5) is 4.79 Å². The molecule has 0 heterocycles. The molecule has 0 bridgehead atoms. The first-order valence-electron chi connectivity index (χ1n) is 14.5. The first kappa shape index (κ1) is 36.3. The number of aliphatic hydroxyl groups excluding tert-OH is 1. The number of carbonyl (C=O) groups excluding carboxylic acids is 4. The van der Waals surface area contributed by atoms with Crippen LogP contribution in [-0.4, -0.2) is 74.5 Å². The highest BCUT2D eigenvalue weighted by atomic mass is 16.5. The summed E-state index contributed by atoms with van der Waals surface area (Å²) in [6, 6.07) is 8.91. The van der Waals surface area contributed by atoms with Gasteiger partial charge in [0.1, 0.15) is 13.2 Å². The number of unbranched alkanes of at least 4 members (excludes halogenated alkanes) is 2. The van der Waals surface area contributed by atoms with Crippen molar-refractivity contribution in [2.24, 2.45) is 5.92 Å². The number of rotatable bonds is 24. The van der Waals surface area contributed by atoms with Crippen molar-refractivity contribution in [3.8, 4) is 0 Å². The van der Waals surface area contributed by atoms with Crippen LogP contribution in [0.2, 0.25) is 0 Å². The van der Waals surface area contributed by atoms with E-state index in [1.54, 1.807) is 12.2 Å². The van der Waals surface area contributed by atoms with Gasteiger partial charge in [0.2, 0.25) is 11.8 Å². The fourth-order valence-electron chi connectivity index (χ4n) is 3.86. The summed E-state index contributed by atoms with van der Waals surface area (Å²) in [6.45, 7) is 8.52. The van der Waals surface area contributed by atoms with E-state index in [1.165, 1.54) is 0 Å². The summed E-state index contributed by atoms with van der Waals surface area (Å²) in [5.74, 6) is -1.64. The molecule has 1 rings (SSSR count). The summed E-state index contributed by atoms with van der Waals surface area (Å²) in [6.07, 6.45) is 6.41. The third-order valence-corrected chi connectivity index (χ3v) is 6.10. The second-order valence-electron chi connectivity index (χ2n) is 9.67. The molecular weight excluding hydrogens is 542 g/mol. The van der Waals surface area contributed by atoms with Crippen LogP contribution in [0.1, 0.15) is 56.9 Å². The molecule has 42 heavy (non-hydrogen) atoms. The van der Waals surface area contributed by atoms with Crippen LogP contribution in [0.5, 0.6) is 0 Å². The Labute approximate surface area is 249 Å². The number of nitrogens with one attached hydrogen (secondary N) is 3.